The summed E-state index contributed by atoms with van der Waals surface area (Å²) in [5, 5.41) is 21.4. The van der Waals surface area contributed by atoms with Crippen LogP contribution in [0.25, 0.3) is 0 Å². The van der Waals surface area contributed by atoms with Crippen LogP contribution >= 0.6 is 11.8 Å². The number of thioether (sulfide) groups is 1. The second-order valence-corrected chi connectivity index (χ2v) is 7.14. The van der Waals surface area contributed by atoms with Crippen molar-refractivity contribution in [3.63, 3.8) is 0 Å². The van der Waals surface area contributed by atoms with Gasteiger partial charge in [0.05, 0.1) is 35.8 Å². The predicted molar refractivity (Wildman–Crippen MR) is 94.9 cm³/mol. The number of nitriles is 1. The zero-order valence-corrected chi connectivity index (χ0v) is 14.8. The lowest BCUT2D eigenvalue weighted by molar-refractivity contribution is -0.152. The topological polar surface area (TPSA) is 86.7 Å². The molecule has 0 radical (unpaired) electrons. The van der Waals surface area contributed by atoms with Crippen LogP contribution in [0.5, 0.6) is 5.75 Å². The Hall–Kier alpha value is -2.69. The van der Waals surface area contributed by atoms with Crippen molar-refractivity contribution in [2.24, 2.45) is 0 Å². The van der Waals surface area contributed by atoms with Gasteiger partial charge in [0, 0.05) is 12.3 Å². The number of furan rings is 1. The fourth-order valence-corrected chi connectivity index (χ4v) is 4.77. The minimum absolute atomic E-state index is 0.113. The van der Waals surface area contributed by atoms with E-state index in [1.165, 1.54) is 22.9 Å². The van der Waals surface area contributed by atoms with E-state index in [1.807, 2.05) is 24.3 Å². The summed E-state index contributed by atoms with van der Waals surface area (Å²) in [6.07, 6.45) is 1.57. The highest BCUT2D eigenvalue weighted by Crippen LogP contribution is 2.51. The van der Waals surface area contributed by atoms with Crippen molar-refractivity contribution in [2.75, 3.05) is 12.9 Å². The molecule has 132 valence electrons. The highest BCUT2D eigenvalue weighted by Gasteiger charge is 2.53. The number of carbonyl (C=O) groups excluding carboxylic acids is 1. The van der Waals surface area contributed by atoms with E-state index in [4.69, 9.17) is 9.15 Å². The van der Waals surface area contributed by atoms with Gasteiger partial charge in [0.2, 0.25) is 11.6 Å². The molecule has 1 saturated heterocycles. The Kier molecular flexibility index (Phi) is 4.02. The van der Waals surface area contributed by atoms with Gasteiger partial charge in [-0.3, -0.25) is 9.69 Å². The van der Waals surface area contributed by atoms with Gasteiger partial charge < -0.3 is 14.3 Å². The molecule has 26 heavy (non-hydrogen) atoms. The molecule has 1 amide bonds. The van der Waals surface area contributed by atoms with E-state index in [0.29, 0.717) is 22.1 Å². The average molecular weight is 368 g/mol. The van der Waals surface area contributed by atoms with Crippen molar-refractivity contribution in [2.45, 2.75) is 18.1 Å². The summed E-state index contributed by atoms with van der Waals surface area (Å²) in [5.41, 5.74) is -0.202. The molecule has 0 bridgehead atoms. The third kappa shape index (κ3) is 2.42. The fraction of sp³-hybridized carbons (Fsp3) is 0.263. The van der Waals surface area contributed by atoms with Gasteiger partial charge >= 0.3 is 0 Å². The van der Waals surface area contributed by atoms with Crippen LogP contribution in [-0.2, 0) is 10.5 Å². The number of nitrogens with zero attached hydrogens (tertiary/aromatic N) is 2. The van der Waals surface area contributed by atoms with Crippen molar-refractivity contribution in [1.29, 1.82) is 5.26 Å². The van der Waals surface area contributed by atoms with Crippen LogP contribution in [-0.4, -0.2) is 28.8 Å². The van der Waals surface area contributed by atoms with Crippen molar-refractivity contribution in [3.05, 3.63) is 64.6 Å². The first kappa shape index (κ1) is 16.8. The van der Waals surface area contributed by atoms with Gasteiger partial charge in [0.1, 0.15) is 5.75 Å². The zero-order chi connectivity index (χ0) is 18.3. The molecular weight excluding hydrogens is 352 g/mol. The van der Waals surface area contributed by atoms with Gasteiger partial charge in [-0.1, -0.05) is 12.1 Å². The summed E-state index contributed by atoms with van der Waals surface area (Å²) in [5.74, 6) is 0.668. The van der Waals surface area contributed by atoms with E-state index in [9.17, 15) is 15.2 Å². The van der Waals surface area contributed by atoms with Crippen LogP contribution < -0.4 is 4.74 Å². The van der Waals surface area contributed by atoms with Crippen molar-refractivity contribution in [1.82, 2.24) is 4.90 Å². The summed E-state index contributed by atoms with van der Waals surface area (Å²) < 4.78 is 10.5. The molecule has 1 N–H and O–H groups in total. The molecule has 7 heteroatoms. The number of methoxy groups -OCH3 is 1. The lowest BCUT2D eigenvalue weighted by atomic mass is 9.86. The number of hydrogen-bond donors (Lipinski definition) is 1. The maximum absolute atomic E-state index is 12.9. The van der Waals surface area contributed by atoms with Crippen LogP contribution in [0.15, 0.2) is 57.7 Å². The van der Waals surface area contributed by atoms with Gasteiger partial charge in [-0.25, -0.2) is 0 Å². The third-order valence-corrected chi connectivity index (χ3v) is 5.97. The first-order valence-electron chi connectivity index (χ1n) is 8.09. The van der Waals surface area contributed by atoms with E-state index in [-0.39, 0.29) is 24.0 Å². The molecule has 4 rings (SSSR count). The highest BCUT2D eigenvalue weighted by molar-refractivity contribution is 8.03. The van der Waals surface area contributed by atoms with Gasteiger partial charge in [0.15, 0.2) is 5.76 Å². The van der Waals surface area contributed by atoms with Crippen LogP contribution in [0.4, 0.5) is 0 Å². The standard InChI is InChI=1S/C19H16N2O4S/c1-24-13-6-4-12(5-7-13)14-9-17(22)21-18(15(14)10-20)26-11-19(21,23)16-3-2-8-25-16/h2-8,14,23H,9,11H2,1H3/t14-,19+/m0/s1. The first-order valence-corrected chi connectivity index (χ1v) is 9.07. The van der Waals surface area contributed by atoms with E-state index in [2.05, 4.69) is 6.07 Å². The number of fused-ring (bicyclic) bond motifs is 1. The molecule has 1 fully saturated rings. The maximum Gasteiger partial charge on any atom is 0.231 e. The predicted octanol–water partition coefficient (Wildman–Crippen LogP) is 2.93. The maximum atomic E-state index is 12.9. The summed E-state index contributed by atoms with van der Waals surface area (Å²) in [4.78, 5) is 14.2. The number of allylic oxidation sites excluding steroid dienone is 1. The van der Waals surface area contributed by atoms with E-state index >= 15 is 0 Å². The Morgan fingerprint density at radius 2 is 2.15 bits per heavy atom. The Bertz CT molecular complexity index is 914. The van der Waals surface area contributed by atoms with Crippen LogP contribution in [0, 0.1) is 11.3 Å². The van der Waals surface area contributed by atoms with E-state index < -0.39 is 5.72 Å². The first-order chi connectivity index (χ1) is 12.6. The lowest BCUT2D eigenvalue weighted by Crippen LogP contribution is -2.48. The van der Waals surface area contributed by atoms with Gasteiger partial charge in [-0.05, 0) is 29.8 Å². The third-order valence-electron chi connectivity index (χ3n) is 4.74. The number of hydrogen-bond acceptors (Lipinski definition) is 6. The fourth-order valence-electron chi connectivity index (χ4n) is 3.44. The lowest BCUT2D eigenvalue weighted by Gasteiger charge is -2.36. The Balaban J connectivity index is 1.78. The summed E-state index contributed by atoms with van der Waals surface area (Å²) in [7, 11) is 1.59. The minimum Gasteiger partial charge on any atom is -0.497 e. The normalized spacial score (nSPS) is 25.2. The molecule has 6 nitrogen and oxygen atoms in total. The van der Waals surface area contributed by atoms with Crippen molar-refractivity contribution < 1.29 is 19.1 Å². The Morgan fingerprint density at radius 3 is 2.77 bits per heavy atom. The SMILES string of the molecule is COc1ccc([C@@H]2CC(=O)N3C(=C2C#N)SC[C@@]3(O)c2ccco2)cc1. The Labute approximate surface area is 154 Å². The quantitative estimate of drug-likeness (QED) is 0.896. The molecule has 1 aromatic heterocycles. The molecule has 2 atom stereocenters. The van der Waals surface area contributed by atoms with E-state index in [0.717, 1.165) is 5.56 Å². The number of rotatable bonds is 3. The number of amides is 1. The second-order valence-electron chi connectivity index (χ2n) is 6.17. The zero-order valence-electron chi connectivity index (χ0n) is 14.0. The smallest absolute Gasteiger partial charge is 0.231 e. The van der Waals surface area contributed by atoms with Gasteiger partial charge in [0.25, 0.3) is 0 Å². The van der Waals surface area contributed by atoms with Crippen LogP contribution in [0.1, 0.15) is 23.7 Å². The number of aliphatic hydroxyl groups is 1. The monoisotopic (exact) mass is 368 g/mol. The molecule has 0 aliphatic carbocycles. The molecule has 0 saturated carbocycles. The largest absolute Gasteiger partial charge is 0.497 e. The molecule has 2 aromatic rings. The summed E-state index contributed by atoms with van der Waals surface area (Å²) in [6, 6.07) is 12.9. The van der Waals surface area contributed by atoms with Crippen molar-refractivity contribution >= 4 is 17.7 Å². The summed E-state index contributed by atoms with van der Waals surface area (Å²) >= 11 is 1.30. The minimum atomic E-state index is -1.56. The number of benzene rings is 1. The number of ether oxygens (including phenoxy) is 1. The average Bonchev–Trinajstić information content (AvgIpc) is 3.31. The highest BCUT2D eigenvalue weighted by atomic mass is 32.2. The second kappa shape index (κ2) is 6.24. The molecular formula is C19H16N2O4S. The molecule has 3 heterocycles. The molecule has 0 spiro atoms. The van der Waals surface area contributed by atoms with Gasteiger partial charge in [-0.15, -0.1) is 11.8 Å². The number of carbonyl (C=O) groups is 1. The van der Waals surface area contributed by atoms with Crippen molar-refractivity contribution in [3.8, 4) is 11.8 Å². The Morgan fingerprint density at radius 1 is 1.38 bits per heavy atom. The van der Waals surface area contributed by atoms with Gasteiger partial charge in [-0.2, -0.15) is 5.26 Å². The molecule has 2 aliphatic rings. The molecule has 1 aromatic carbocycles. The molecule has 2 aliphatic heterocycles. The van der Waals surface area contributed by atoms with E-state index in [1.54, 1.807) is 19.2 Å². The van der Waals surface area contributed by atoms with Crippen LogP contribution in [0.3, 0.4) is 0 Å². The van der Waals surface area contributed by atoms with Crippen LogP contribution in [0.2, 0.25) is 0 Å². The molecule has 0 unspecified atom stereocenters. The summed E-state index contributed by atoms with van der Waals surface area (Å²) in [6.45, 7) is 0.